The number of rotatable bonds is 2. The number of thiophene rings is 1. The molecule has 1 fully saturated rings. The first kappa shape index (κ1) is 19.2. The molecule has 0 saturated carbocycles. The summed E-state index contributed by atoms with van der Waals surface area (Å²) in [6, 6.07) is 5.39. The van der Waals surface area contributed by atoms with Crippen LogP contribution in [0.25, 0.3) is 0 Å². The number of nitrogens with zero attached hydrogens (tertiary/aromatic N) is 2. The highest BCUT2D eigenvalue weighted by Crippen LogP contribution is 2.44. The Morgan fingerprint density at radius 2 is 2.04 bits per heavy atom. The Hall–Kier alpha value is -0.540. The van der Waals surface area contributed by atoms with Gasteiger partial charge in [-0.15, -0.1) is 23.7 Å². The van der Waals surface area contributed by atoms with Crippen LogP contribution in [0.3, 0.4) is 0 Å². The molecule has 2 aliphatic rings. The van der Waals surface area contributed by atoms with Crippen LogP contribution in [0.5, 0.6) is 0 Å². The molecule has 1 saturated heterocycles. The van der Waals surface area contributed by atoms with Crippen LogP contribution in [0.15, 0.2) is 32.4 Å². The molecule has 1 N–H and O–H groups in total. The maximum absolute atomic E-state index is 13.2. The molecule has 2 aromatic rings. The summed E-state index contributed by atoms with van der Waals surface area (Å²) in [7, 11) is -1.54. The van der Waals surface area contributed by atoms with Gasteiger partial charge in [0, 0.05) is 19.8 Å². The van der Waals surface area contributed by atoms with Gasteiger partial charge in [0.1, 0.15) is 4.21 Å². The van der Waals surface area contributed by atoms with E-state index >= 15 is 0 Å². The van der Waals surface area contributed by atoms with Gasteiger partial charge in [-0.2, -0.15) is 8.42 Å². The van der Waals surface area contributed by atoms with Gasteiger partial charge in [-0.25, -0.2) is 3.97 Å². The van der Waals surface area contributed by atoms with Gasteiger partial charge < -0.3 is 10.2 Å². The lowest BCUT2D eigenvalue weighted by Crippen LogP contribution is -2.52. The molecule has 0 aliphatic carbocycles. The van der Waals surface area contributed by atoms with E-state index in [1.165, 1.54) is 15.3 Å². The minimum absolute atomic E-state index is 0. The van der Waals surface area contributed by atoms with Crippen molar-refractivity contribution in [2.75, 3.05) is 25.0 Å². The van der Waals surface area contributed by atoms with E-state index < -0.39 is 10.0 Å². The molecule has 1 atom stereocenters. The van der Waals surface area contributed by atoms with Crippen molar-refractivity contribution >= 4 is 55.4 Å². The Labute approximate surface area is 167 Å². The Kier molecular flexibility index (Phi) is 5.30. The van der Waals surface area contributed by atoms with Gasteiger partial charge in [-0.1, -0.05) is 0 Å². The van der Waals surface area contributed by atoms with Gasteiger partial charge in [-0.05, 0) is 66.4 Å². The molecular weight excluding hydrogens is 446 g/mol. The Bertz CT molecular complexity index is 872. The highest BCUT2D eigenvalue weighted by Gasteiger charge is 2.43. The molecule has 4 rings (SSSR count). The largest absolute Gasteiger partial charge is 0.373 e. The lowest BCUT2D eigenvalue weighted by molar-refractivity contribution is 0.227. The lowest BCUT2D eigenvalue weighted by Gasteiger charge is -2.45. The van der Waals surface area contributed by atoms with Gasteiger partial charge in [-0.3, -0.25) is 0 Å². The fraction of sp³-hybridized carbons (Fsp3) is 0.500. The fourth-order valence-corrected chi connectivity index (χ4v) is 7.42. The highest BCUT2D eigenvalue weighted by molar-refractivity contribution is 9.11. The third kappa shape index (κ3) is 3.06. The zero-order chi connectivity index (χ0) is 16.9. The van der Waals surface area contributed by atoms with E-state index in [0.717, 1.165) is 53.9 Å². The topological polar surface area (TPSA) is 54.3 Å². The molecule has 5 nitrogen and oxygen atoms in total. The van der Waals surface area contributed by atoms with E-state index in [9.17, 15) is 8.42 Å². The molecule has 0 bridgehead atoms. The Balaban J connectivity index is 0.00000182. The summed E-state index contributed by atoms with van der Waals surface area (Å²) in [5.41, 5.74) is 1.70. The standard InChI is InChI=1S/C16H20BrN3O2S2.ClH/c1-19-11-8-16(7-2-3-9-18-16)15-12(19)6-10-20(15)24(21,22)14-5-4-13(17)23-14;/h4-6,10,18H,2-3,7-9,11H2,1H3;1H. The van der Waals surface area contributed by atoms with Crippen molar-refractivity contribution in [2.24, 2.45) is 0 Å². The van der Waals surface area contributed by atoms with Crippen molar-refractivity contribution in [3.8, 4) is 0 Å². The summed E-state index contributed by atoms with van der Waals surface area (Å²) in [6.45, 7) is 1.88. The number of fused-ring (bicyclic) bond motifs is 2. The molecule has 2 aromatic heterocycles. The summed E-state index contributed by atoms with van der Waals surface area (Å²) >= 11 is 4.62. The molecule has 0 radical (unpaired) electrons. The maximum Gasteiger partial charge on any atom is 0.277 e. The van der Waals surface area contributed by atoms with Crippen molar-refractivity contribution in [3.05, 3.63) is 33.9 Å². The molecule has 25 heavy (non-hydrogen) atoms. The Morgan fingerprint density at radius 1 is 1.24 bits per heavy atom. The van der Waals surface area contributed by atoms with E-state index in [-0.39, 0.29) is 17.9 Å². The van der Waals surface area contributed by atoms with E-state index in [1.54, 1.807) is 18.3 Å². The van der Waals surface area contributed by atoms with Crippen LogP contribution in [0.4, 0.5) is 5.69 Å². The number of hydrogen-bond donors (Lipinski definition) is 1. The van der Waals surface area contributed by atoms with Gasteiger partial charge >= 0.3 is 0 Å². The number of piperidine rings is 1. The first-order valence-corrected chi connectivity index (χ1v) is 11.2. The van der Waals surface area contributed by atoms with Crippen LogP contribution in [-0.4, -0.2) is 32.5 Å². The number of anilines is 1. The second-order valence-electron chi connectivity index (χ2n) is 6.55. The maximum atomic E-state index is 13.2. The number of halogens is 2. The smallest absolute Gasteiger partial charge is 0.277 e. The van der Waals surface area contributed by atoms with Gasteiger partial charge in [0.15, 0.2) is 0 Å². The molecule has 1 spiro atoms. The zero-order valence-electron chi connectivity index (χ0n) is 13.9. The number of nitrogens with one attached hydrogen (secondary N) is 1. The molecular formula is C16H21BrClN3O2S2. The summed E-state index contributed by atoms with van der Waals surface area (Å²) in [4.78, 5) is 2.16. The molecule has 4 heterocycles. The van der Waals surface area contributed by atoms with E-state index in [2.05, 4.69) is 26.1 Å². The van der Waals surface area contributed by atoms with Gasteiger partial charge in [0.25, 0.3) is 10.0 Å². The van der Waals surface area contributed by atoms with Crippen LogP contribution < -0.4 is 10.2 Å². The summed E-state index contributed by atoms with van der Waals surface area (Å²) in [6.07, 6.45) is 5.92. The molecule has 1 unspecified atom stereocenters. The normalized spacial score (nSPS) is 23.4. The van der Waals surface area contributed by atoms with Crippen LogP contribution in [-0.2, 0) is 15.6 Å². The first-order valence-electron chi connectivity index (χ1n) is 8.13. The van der Waals surface area contributed by atoms with Crippen molar-refractivity contribution in [1.29, 1.82) is 0 Å². The van der Waals surface area contributed by atoms with Crippen LogP contribution >= 0.6 is 39.7 Å². The summed E-state index contributed by atoms with van der Waals surface area (Å²) in [5, 5.41) is 3.65. The second kappa shape index (κ2) is 6.88. The van der Waals surface area contributed by atoms with Crippen molar-refractivity contribution < 1.29 is 8.42 Å². The van der Waals surface area contributed by atoms with Crippen LogP contribution in [0.2, 0.25) is 0 Å². The molecule has 2 aliphatic heterocycles. The monoisotopic (exact) mass is 465 g/mol. The number of aromatic nitrogens is 1. The zero-order valence-corrected chi connectivity index (χ0v) is 17.9. The van der Waals surface area contributed by atoms with Gasteiger partial charge in [0.05, 0.1) is 20.7 Å². The summed E-state index contributed by atoms with van der Waals surface area (Å²) in [5.74, 6) is 0. The predicted molar refractivity (Wildman–Crippen MR) is 108 cm³/mol. The number of hydrogen-bond acceptors (Lipinski definition) is 5. The van der Waals surface area contributed by atoms with Crippen LogP contribution in [0, 0.1) is 0 Å². The van der Waals surface area contributed by atoms with Gasteiger partial charge in [0.2, 0.25) is 0 Å². The average Bonchev–Trinajstić information content (AvgIpc) is 3.20. The Morgan fingerprint density at radius 3 is 2.68 bits per heavy atom. The first-order chi connectivity index (χ1) is 11.4. The molecule has 0 amide bonds. The third-order valence-electron chi connectivity index (χ3n) is 5.12. The van der Waals surface area contributed by atoms with E-state index in [4.69, 9.17) is 0 Å². The van der Waals surface area contributed by atoms with E-state index in [1.807, 2.05) is 13.1 Å². The molecule has 9 heteroatoms. The SMILES string of the molecule is CN1CCC2(CCCCN2)c2c1ccn2S(=O)(=O)c1ccc(Br)s1.Cl. The molecule has 138 valence electrons. The molecule has 0 aromatic carbocycles. The minimum Gasteiger partial charge on any atom is -0.373 e. The summed E-state index contributed by atoms with van der Waals surface area (Å²) < 4.78 is 29.1. The second-order valence-corrected chi connectivity index (χ2v) is 11.1. The van der Waals surface area contributed by atoms with E-state index in [0.29, 0.717) is 4.21 Å². The highest BCUT2D eigenvalue weighted by atomic mass is 79.9. The minimum atomic E-state index is -3.58. The quantitative estimate of drug-likeness (QED) is 0.732. The van der Waals surface area contributed by atoms with Crippen LogP contribution in [0.1, 0.15) is 31.4 Å². The van der Waals surface area contributed by atoms with Crippen molar-refractivity contribution in [2.45, 2.75) is 35.4 Å². The lowest BCUT2D eigenvalue weighted by atomic mass is 9.80. The van der Waals surface area contributed by atoms with Crippen molar-refractivity contribution in [3.63, 3.8) is 0 Å². The fourth-order valence-electron chi connectivity index (χ4n) is 3.88. The van der Waals surface area contributed by atoms with Crippen molar-refractivity contribution in [1.82, 2.24) is 9.29 Å². The average molecular weight is 467 g/mol. The predicted octanol–water partition coefficient (Wildman–Crippen LogP) is 3.78. The third-order valence-corrected chi connectivity index (χ3v) is 8.89.